The molecule has 0 fully saturated rings. The smallest absolute Gasteiger partial charge is 0.121 e. The Hall–Kier alpha value is -1.86. The third-order valence-electron chi connectivity index (χ3n) is 2.15. The van der Waals surface area contributed by atoms with Crippen molar-refractivity contribution >= 4 is 12.2 Å². The lowest BCUT2D eigenvalue weighted by atomic mass is 10.1. The molecule has 0 radical (unpaired) electrons. The lowest BCUT2D eigenvalue weighted by Crippen LogP contribution is -2.21. The molecule has 1 aliphatic rings. The summed E-state index contributed by atoms with van der Waals surface area (Å²) in [6, 6.07) is 8.10. The van der Waals surface area contributed by atoms with Crippen LogP contribution < -0.4 is 0 Å². The number of hydrogen-bond acceptors (Lipinski definition) is 3. The van der Waals surface area contributed by atoms with Crippen LogP contribution in [0.15, 0.2) is 35.4 Å². The molecule has 14 heavy (non-hydrogen) atoms. The van der Waals surface area contributed by atoms with Gasteiger partial charge in [0.15, 0.2) is 0 Å². The maximum Gasteiger partial charge on any atom is 0.121 e. The van der Waals surface area contributed by atoms with E-state index >= 15 is 0 Å². The first-order chi connectivity index (χ1) is 6.90. The standard InChI is InChI=1S/C11H10N2O/c14-7-3-6-13-9-11-5-2-1-4-10(11)8-12-13/h1-5,8H,6,9H2. The first-order valence-corrected chi connectivity index (χ1v) is 4.46. The molecule has 2 rings (SSSR count). The zero-order chi connectivity index (χ0) is 9.80. The molecule has 1 heterocycles. The van der Waals surface area contributed by atoms with Gasteiger partial charge in [0.05, 0.1) is 19.3 Å². The van der Waals surface area contributed by atoms with Crippen molar-refractivity contribution in [3.05, 3.63) is 41.5 Å². The molecule has 3 heteroatoms. The molecule has 0 spiro atoms. The molecule has 0 N–H and O–H groups in total. The van der Waals surface area contributed by atoms with Crippen molar-refractivity contribution in [1.29, 1.82) is 0 Å². The predicted octanol–water partition coefficient (Wildman–Crippen LogP) is 1.22. The second-order valence-corrected chi connectivity index (χ2v) is 3.11. The summed E-state index contributed by atoms with van der Waals surface area (Å²) in [5.41, 5.74) is 2.39. The van der Waals surface area contributed by atoms with Crippen LogP contribution in [-0.2, 0) is 11.3 Å². The normalized spacial score (nSPS) is 13.3. The van der Waals surface area contributed by atoms with Crippen molar-refractivity contribution in [2.45, 2.75) is 6.54 Å². The molecule has 0 bridgehead atoms. The van der Waals surface area contributed by atoms with Crippen LogP contribution in [0.3, 0.4) is 0 Å². The van der Waals surface area contributed by atoms with Gasteiger partial charge in [-0.3, -0.25) is 5.01 Å². The molecule has 0 unspecified atom stereocenters. The van der Waals surface area contributed by atoms with Crippen LogP contribution >= 0.6 is 0 Å². The second-order valence-electron chi connectivity index (χ2n) is 3.11. The largest absolute Gasteiger partial charge is 0.288 e. The van der Waals surface area contributed by atoms with Crippen LogP contribution in [-0.4, -0.2) is 23.7 Å². The molecule has 0 amide bonds. The molecular formula is C11H10N2O. The Kier molecular flexibility index (Phi) is 2.43. The second kappa shape index (κ2) is 3.90. The van der Waals surface area contributed by atoms with E-state index in [0.717, 1.165) is 12.1 Å². The fourth-order valence-corrected chi connectivity index (χ4v) is 1.44. The first-order valence-electron chi connectivity index (χ1n) is 4.46. The van der Waals surface area contributed by atoms with Crippen LogP contribution in [0, 0.1) is 0 Å². The zero-order valence-corrected chi connectivity index (χ0v) is 7.68. The van der Waals surface area contributed by atoms with E-state index in [1.807, 2.05) is 29.4 Å². The highest BCUT2D eigenvalue weighted by Gasteiger charge is 2.09. The predicted molar refractivity (Wildman–Crippen MR) is 54.7 cm³/mol. The lowest BCUT2D eigenvalue weighted by molar-refractivity contribution is 0.308. The maximum atomic E-state index is 10.0. The summed E-state index contributed by atoms with van der Waals surface area (Å²) in [7, 11) is 0. The minimum atomic E-state index is 0.522. The van der Waals surface area contributed by atoms with E-state index in [1.165, 1.54) is 11.6 Å². The molecule has 0 atom stereocenters. The van der Waals surface area contributed by atoms with Crippen LogP contribution in [0.2, 0.25) is 0 Å². The summed E-state index contributed by atoms with van der Waals surface area (Å²) in [5.74, 6) is 1.75. The fourth-order valence-electron chi connectivity index (χ4n) is 1.44. The third kappa shape index (κ3) is 1.73. The molecule has 3 nitrogen and oxygen atoms in total. The highest BCUT2D eigenvalue weighted by Crippen LogP contribution is 2.14. The van der Waals surface area contributed by atoms with Gasteiger partial charge in [0.2, 0.25) is 0 Å². The minimum Gasteiger partial charge on any atom is -0.288 e. The third-order valence-corrected chi connectivity index (χ3v) is 2.15. The summed E-state index contributed by atoms with van der Waals surface area (Å²) in [5, 5.41) is 6.03. The summed E-state index contributed by atoms with van der Waals surface area (Å²) in [4.78, 5) is 10.0. The highest BCUT2D eigenvalue weighted by atomic mass is 16.1. The van der Waals surface area contributed by atoms with Gasteiger partial charge >= 0.3 is 0 Å². The number of rotatable bonds is 2. The average Bonchev–Trinajstić information content (AvgIpc) is 2.26. The van der Waals surface area contributed by atoms with Gasteiger partial charge < -0.3 is 0 Å². The molecule has 1 aromatic rings. The maximum absolute atomic E-state index is 10.0. The van der Waals surface area contributed by atoms with Crippen molar-refractivity contribution in [1.82, 2.24) is 5.01 Å². The van der Waals surface area contributed by atoms with E-state index in [1.54, 1.807) is 5.94 Å². The zero-order valence-electron chi connectivity index (χ0n) is 7.68. The summed E-state index contributed by atoms with van der Waals surface area (Å²) in [6.45, 7) is 1.28. The van der Waals surface area contributed by atoms with E-state index in [0.29, 0.717) is 6.54 Å². The van der Waals surface area contributed by atoms with E-state index in [4.69, 9.17) is 0 Å². The van der Waals surface area contributed by atoms with Crippen molar-refractivity contribution < 1.29 is 4.79 Å². The lowest BCUT2D eigenvalue weighted by Gasteiger charge is -2.21. The van der Waals surface area contributed by atoms with Crippen molar-refractivity contribution in [3.8, 4) is 0 Å². The van der Waals surface area contributed by atoms with Crippen LogP contribution in [0.5, 0.6) is 0 Å². The summed E-state index contributed by atoms with van der Waals surface area (Å²) >= 11 is 0. The minimum absolute atomic E-state index is 0.522. The van der Waals surface area contributed by atoms with Crippen molar-refractivity contribution in [3.63, 3.8) is 0 Å². The number of benzene rings is 1. The molecular weight excluding hydrogens is 176 g/mol. The Labute approximate surface area is 82.3 Å². The van der Waals surface area contributed by atoms with E-state index in [2.05, 4.69) is 11.2 Å². The number of fused-ring (bicyclic) bond motifs is 1. The van der Waals surface area contributed by atoms with E-state index < -0.39 is 0 Å². The van der Waals surface area contributed by atoms with Gasteiger partial charge in [-0.2, -0.15) is 5.10 Å². The van der Waals surface area contributed by atoms with Gasteiger partial charge in [0, 0.05) is 6.08 Å². The Morgan fingerprint density at radius 2 is 2.36 bits per heavy atom. The van der Waals surface area contributed by atoms with E-state index in [9.17, 15) is 4.79 Å². The summed E-state index contributed by atoms with van der Waals surface area (Å²) in [6.07, 6.45) is 3.25. The van der Waals surface area contributed by atoms with Crippen LogP contribution in [0.4, 0.5) is 0 Å². The average molecular weight is 186 g/mol. The van der Waals surface area contributed by atoms with Gasteiger partial charge in [-0.25, -0.2) is 4.79 Å². The van der Waals surface area contributed by atoms with Crippen molar-refractivity contribution in [2.24, 2.45) is 5.10 Å². The monoisotopic (exact) mass is 186 g/mol. The highest BCUT2D eigenvalue weighted by molar-refractivity contribution is 5.82. The number of nitrogens with zero attached hydrogens (tertiary/aromatic N) is 2. The molecule has 0 aromatic heterocycles. The van der Waals surface area contributed by atoms with Gasteiger partial charge in [-0.05, 0) is 11.1 Å². The Balaban J connectivity index is 2.17. The molecule has 0 aliphatic carbocycles. The first kappa shape index (κ1) is 8.73. The van der Waals surface area contributed by atoms with Gasteiger partial charge in [0.25, 0.3) is 0 Å². The molecule has 1 aliphatic heterocycles. The number of carbonyl (C=O) groups excluding carboxylic acids is 1. The quantitative estimate of drug-likeness (QED) is 0.650. The van der Waals surface area contributed by atoms with E-state index in [-0.39, 0.29) is 0 Å². The Bertz CT molecular complexity index is 406. The fraction of sp³-hybridized carbons (Fsp3) is 0.182. The van der Waals surface area contributed by atoms with Gasteiger partial charge in [-0.1, -0.05) is 24.3 Å². The Morgan fingerprint density at radius 1 is 1.50 bits per heavy atom. The number of hydrogen-bond donors (Lipinski definition) is 0. The molecule has 0 saturated heterocycles. The Morgan fingerprint density at radius 3 is 3.21 bits per heavy atom. The molecule has 1 aromatic carbocycles. The topological polar surface area (TPSA) is 32.7 Å². The van der Waals surface area contributed by atoms with Crippen molar-refractivity contribution in [2.75, 3.05) is 6.54 Å². The van der Waals surface area contributed by atoms with Gasteiger partial charge in [0.1, 0.15) is 5.94 Å². The molecule has 70 valence electrons. The van der Waals surface area contributed by atoms with Crippen LogP contribution in [0.25, 0.3) is 0 Å². The number of hydrazone groups is 1. The van der Waals surface area contributed by atoms with Crippen LogP contribution in [0.1, 0.15) is 11.1 Å². The van der Waals surface area contributed by atoms with Gasteiger partial charge in [-0.15, -0.1) is 0 Å². The SMILES string of the molecule is O=C=CCN1Cc2ccccc2C=N1. The molecule has 0 saturated carbocycles. The summed E-state index contributed by atoms with van der Waals surface area (Å²) < 4.78 is 0.